The average molecular weight is 352 g/mol. The molecule has 26 heavy (non-hydrogen) atoms. The Hall–Kier alpha value is -3.16. The largest absolute Gasteiger partial charge is 0.480 e. The van der Waals surface area contributed by atoms with Crippen molar-refractivity contribution >= 4 is 22.4 Å². The van der Waals surface area contributed by atoms with E-state index in [-0.39, 0.29) is 5.56 Å². The molecule has 0 N–H and O–H groups in total. The van der Waals surface area contributed by atoms with Gasteiger partial charge in [-0.2, -0.15) is 0 Å². The van der Waals surface area contributed by atoms with Crippen molar-refractivity contribution in [1.29, 1.82) is 0 Å². The first-order chi connectivity index (χ1) is 12.7. The van der Waals surface area contributed by atoms with Crippen molar-refractivity contribution < 1.29 is 4.74 Å². The number of piperazine rings is 1. The van der Waals surface area contributed by atoms with E-state index in [2.05, 4.69) is 36.9 Å². The second kappa shape index (κ2) is 6.62. The Balaban J connectivity index is 1.53. The molecular weight excluding hydrogens is 332 g/mol. The summed E-state index contributed by atoms with van der Waals surface area (Å²) in [6.45, 7) is 3.30. The summed E-state index contributed by atoms with van der Waals surface area (Å²) in [5.74, 6) is 1.32. The maximum Gasteiger partial charge on any atom is 0.255 e. The van der Waals surface area contributed by atoms with E-state index < -0.39 is 0 Å². The lowest BCUT2D eigenvalue weighted by atomic mass is 10.2. The highest BCUT2D eigenvalue weighted by atomic mass is 16.5. The van der Waals surface area contributed by atoms with Gasteiger partial charge in [-0.25, -0.2) is 15.0 Å². The van der Waals surface area contributed by atoms with Crippen LogP contribution in [-0.2, 0) is 7.05 Å². The fourth-order valence-electron chi connectivity index (χ4n) is 3.20. The number of anilines is 2. The number of hydrogen-bond acceptors (Lipinski definition) is 7. The normalized spacial score (nSPS) is 14.7. The average Bonchev–Trinajstić information content (AvgIpc) is 2.69. The van der Waals surface area contributed by atoms with Gasteiger partial charge in [0.15, 0.2) is 0 Å². The number of aromatic nitrogens is 4. The van der Waals surface area contributed by atoms with Gasteiger partial charge in [-0.05, 0) is 18.2 Å². The van der Waals surface area contributed by atoms with Gasteiger partial charge in [0.1, 0.15) is 12.1 Å². The first-order valence-corrected chi connectivity index (χ1v) is 8.47. The lowest BCUT2D eigenvalue weighted by Crippen LogP contribution is -2.47. The molecule has 0 unspecified atom stereocenters. The molecule has 1 aromatic carbocycles. The van der Waals surface area contributed by atoms with Crippen LogP contribution in [0.4, 0.5) is 11.5 Å². The van der Waals surface area contributed by atoms with Gasteiger partial charge in [0.25, 0.3) is 5.56 Å². The van der Waals surface area contributed by atoms with Crippen molar-refractivity contribution in [3.05, 3.63) is 47.3 Å². The predicted octanol–water partition coefficient (Wildman–Crippen LogP) is 1.06. The summed E-state index contributed by atoms with van der Waals surface area (Å²) >= 11 is 0. The van der Waals surface area contributed by atoms with Crippen LogP contribution in [0.15, 0.2) is 41.7 Å². The zero-order chi connectivity index (χ0) is 18.1. The summed E-state index contributed by atoms with van der Waals surface area (Å²) in [5, 5.41) is 0.906. The summed E-state index contributed by atoms with van der Waals surface area (Å²) in [6.07, 6.45) is 3.08. The summed E-state index contributed by atoms with van der Waals surface area (Å²) in [7, 11) is 3.32. The fourth-order valence-corrected chi connectivity index (χ4v) is 3.20. The van der Waals surface area contributed by atoms with Crippen molar-refractivity contribution in [3.8, 4) is 5.88 Å². The molecule has 3 aromatic rings. The van der Waals surface area contributed by atoms with E-state index in [9.17, 15) is 4.79 Å². The molecule has 1 fully saturated rings. The number of hydrogen-bond donors (Lipinski definition) is 0. The molecule has 8 nitrogen and oxygen atoms in total. The first-order valence-electron chi connectivity index (χ1n) is 8.47. The highest BCUT2D eigenvalue weighted by molar-refractivity contribution is 5.86. The standard InChI is InChI=1S/C18H20N6O2/c1-22-12-21-16(10-17(22)25)24-7-5-23(6-8-24)13-3-4-15-14(9-13)18(26-2)20-11-19-15/h3-4,9-12H,5-8H2,1-2H3. The van der Waals surface area contributed by atoms with Crippen molar-refractivity contribution in [2.24, 2.45) is 7.05 Å². The third kappa shape index (κ3) is 2.94. The molecule has 0 radical (unpaired) electrons. The van der Waals surface area contributed by atoms with Gasteiger partial charge in [-0.3, -0.25) is 4.79 Å². The van der Waals surface area contributed by atoms with E-state index in [1.165, 1.54) is 10.9 Å². The summed E-state index contributed by atoms with van der Waals surface area (Å²) < 4.78 is 6.82. The van der Waals surface area contributed by atoms with Crippen molar-refractivity contribution in [2.75, 3.05) is 43.1 Å². The summed E-state index contributed by atoms with van der Waals surface area (Å²) in [6, 6.07) is 7.72. The van der Waals surface area contributed by atoms with Crippen LogP contribution >= 0.6 is 0 Å². The molecule has 0 atom stereocenters. The Labute approximate surface area is 150 Å². The highest BCUT2D eigenvalue weighted by Crippen LogP contribution is 2.27. The SMILES string of the molecule is COc1ncnc2ccc(N3CCN(c4cc(=O)n(C)cn4)CC3)cc12. The van der Waals surface area contributed by atoms with Gasteiger partial charge in [0, 0.05) is 45.0 Å². The molecule has 1 aliphatic heterocycles. The van der Waals surface area contributed by atoms with Crippen LogP contribution < -0.4 is 20.1 Å². The number of aryl methyl sites for hydroxylation is 1. The molecule has 3 heterocycles. The fraction of sp³-hybridized carbons (Fsp3) is 0.333. The van der Waals surface area contributed by atoms with Gasteiger partial charge >= 0.3 is 0 Å². The van der Waals surface area contributed by atoms with Crippen LogP contribution in [0.5, 0.6) is 5.88 Å². The second-order valence-corrected chi connectivity index (χ2v) is 6.25. The molecule has 0 spiro atoms. The zero-order valence-electron chi connectivity index (χ0n) is 14.8. The smallest absolute Gasteiger partial charge is 0.255 e. The lowest BCUT2D eigenvalue weighted by Gasteiger charge is -2.36. The van der Waals surface area contributed by atoms with Gasteiger partial charge in [-0.1, -0.05) is 0 Å². The zero-order valence-corrected chi connectivity index (χ0v) is 14.8. The number of nitrogens with zero attached hydrogens (tertiary/aromatic N) is 6. The van der Waals surface area contributed by atoms with E-state index in [0.717, 1.165) is 48.6 Å². The Kier molecular flexibility index (Phi) is 4.16. The number of benzene rings is 1. The lowest BCUT2D eigenvalue weighted by molar-refractivity contribution is 0.402. The van der Waals surface area contributed by atoms with Crippen molar-refractivity contribution in [3.63, 3.8) is 0 Å². The Morgan fingerprint density at radius 1 is 1.00 bits per heavy atom. The number of fused-ring (bicyclic) bond motifs is 1. The van der Waals surface area contributed by atoms with E-state index in [0.29, 0.717) is 5.88 Å². The number of rotatable bonds is 3. The van der Waals surface area contributed by atoms with Crippen molar-refractivity contribution in [1.82, 2.24) is 19.5 Å². The molecular formula is C18H20N6O2. The molecule has 0 amide bonds. The van der Waals surface area contributed by atoms with Crippen molar-refractivity contribution in [2.45, 2.75) is 0 Å². The van der Waals surface area contributed by atoms with E-state index in [1.54, 1.807) is 26.6 Å². The van der Waals surface area contributed by atoms with Gasteiger partial charge in [0.2, 0.25) is 5.88 Å². The Morgan fingerprint density at radius 2 is 1.77 bits per heavy atom. The van der Waals surface area contributed by atoms with E-state index in [4.69, 9.17) is 4.74 Å². The van der Waals surface area contributed by atoms with Gasteiger partial charge < -0.3 is 19.1 Å². The maximum atomic E-state index is 11.8. The number of ether oxygens (including phenoxy) is 1. The molecule has 1 aliphatic rings. The third-order valence-electron chi connectivity index (χ3n) is 4.71. The first kappa shape index (κ1) is 16.3. The highest BCUT2D eigenvalue weighted by Gasteiger charge is 2.19. The molecule has 1 saturated heterocycles. The molecule has 8 heteroatoms. The molecule has 2 aromatic heterocycles. The quantitative estimate of drug-likeness (QED) is 0.697. The minimum Gasteiger partial charge on any atom is -0.480 e. The topological polar surface area (TPSA) is 76.4 Å². The molecule has 4 rings (SSSR count). The van der Waals surface area contributed by atoms with Crippen LogP contribution in [0.25, 0.3) is 10.9 Å². The van der Waals surface area contributed by atoms with Crippen LogP contribution in [0.2, 0.25) is 0 Å². The van der Waals surface area contributed by atoms with E-state index >= 15 is 0 Å². The summed E-state index contributed by atoms with van der Waals surface area (Å²) in [4.78, 5) is 29.1. The van der Waals surface area contributed by atoms with Crippen LogP contribution in [0.3, 0.4) is 0 Å². The number of methoxy groups -OCH3 is 1. The molecule has 0 bridgehead atoms. The van der Waals surface area contributed by atoms with Crippen LogP contribution in [-0.4, -0.2) is 52.8 Å². The minimum atomic E-state index is -0.0425. The molecule has 0 saturated carbocycles. The maximum absolute atomic E-state index is 11.8. The Morgan fingerprint density at radius 3 is 2.50 bits per heavy atom. The van der Waals surface area contributed by atoms with Gasteiger partial charge in [-0.15, -0.1) is 0 Å². The van der Waals surface area contributed by atoms with E-state index in [1.807, 2.05) is 6.07 Å². The van der Waals surface area contributed by atoms with Gasteiger partial charge in [0.05, 0.1) is 24.3 Å². The minimum absolute atomic E-state index is 0.0425. The summed E-state index contributed by atoms with van der Waals surface area (Å²) in [5.41, 5.74) is 1.94. The molecule has 134 valence electrons. The Bertz CT molecular complexity index is 994. The van der Waals surface area contributed by atoms with Crippen LogP contribution in [0, 0.1) is 0 Å². The third-order valence-corrected chi connectivity index (χ3v) is 4.71. The second-order valence-electron chi connectivity index (χ2n) is 6.25. The molecule has 0 aliphatic carbocycles. The monoisotopic (exact) mass is 352 g/mol. The predicted molar refractivity (Wildman–Crippen MR) is 100.0 cm³/mol. The van der Waals surface area contributed by atoms with Crippen LogP contribution in [0.1, 0.15) is 0 Å².